The van der Waals surface area contributed by atoms with Gasteiger partial charge in [-0.1, -0.05) is 6.07 Å². The van der Waals surface area contributed by atoms with Crippen molar-refractivity contribution >= 4 is 5.97 Å². The van der Waals surface area contributed by atoms with Gasteiger partial charge < -0.3 is 4.74 Å². The fourth-order valence-corrected chi connectivity index (χ4v) is 2.35. The molecule has 0 unspecified atom stereocenters. The zero-order chi connectivity index (χ0) is 16.2. The normalized spacial score (nSPS) is 15.4. The van der Waals surface area contributed by atoms with E-state index in [2.05, 4.69) is 10.8 Å². The first-order chi connectivity index (χ1) is 10.5. The fourth-order valence-electron chi connectivity index (χ4n) is 2.35. The number of rotatable bonds is 7. The van der Waals surface area contributed by atoms with Crippen LogP contribution in [0.3, 0.4) is 0 Å². The van der Waals surface area contributed by atoms with Gasteiger partial charge in [0.05, 0.1) is 25.0 Å². The third-order valence-corrected chi connectivity index (χ3v) is 3.87. The second kappa shape index (κ2) is 6.84. The molecule has 1 aromatic rings. The highest BCUT2D eigenvalue weighted by Gasteiger charge is 2.44. The predicted molar refractivity (Wildman–Crippen MR) is 75.5 cm³/mol. The lowest BCUT2D eigenvalue weighted by molar-refractivity contribution is -0.141. The molecule has 0 N–H and O–H groups in total. The van der Waals surface area contributed by atoms with Crippen LogP contribution in [0.4, 0.5) is 8.78 Å². The summed E-state index contributed by atoms with van der Waals surface area (Å²) < 4.78 is 30.9. The van der Waals surface area contributed by atoms with E-state index in [1.165, 1.54) is 13.2 Å². The largest absolute Gasteiger partial charge is 0.469 e. The van der Waals surface area contributed by atoms with Crippen molar-refractivity contribution in [3.8, 4) is 6.07 Å². The van der Waals surface area contributed by atoms with Gasteiger partial charge in [-0.2, -0.15) is 5.26 Å². The van der Waals surface area contributed by atoms with E-state index in [9.17, 15) is 18.8 Å². The van der Waals surface area contributed by atoms with Crippen molar-refractivity contribution in [2.45, 2.75) is 25.8 Å². The van der Waals surface area contributed by atoms with Gasteiger partial charge in [0, 0.05) is 19.6 Å². The first-order valence-corrected chi connectivity index (χ1v) is 7.12. The Balaban J connectivity index is 2.04. The van der Waals surface area contributed by atoms with Gasteiger partial charge in [-0.05, 0) is 30.5 Å². The van der Waals surface area contributed by atoms with Crippen LogP contribution in [0.1, 0.15) is 24.8 Å². The molecule has 0 aliphatic heterocycles. The van der Waals surface area contributed by atoms with Crippen molar-refractivity contribution in [1.82, 2.24) is 4.90 Å². The quantitative estimate of drug-likeness (QED) is 0.727. The second-order valence-corrected chi connectivity index (χ2v) is 5.68. The topological polar surface area (TPSA) is 53.3 Å². The lowest BCUT2D eigenvalue weighted by atomic mass is 10.1. The van der Waals surface area contributed by atoms with Gasteiger partial charge in [-0.15, -0.1) is 0 Å². The molecule has 0 amide bonds. The van der Waals surface area contributed by atoms with Crippen LogP contribution in [0.15, 0.2) is 18.2 Å². The van der Waals surface area contributed by atoms with Crippen LogP contribution in [-0.2, 0) is 16.1 Å². The Hall–Kier alpha value is -2.00. The van der Waals surface area contributed by atoms with Gasteiger partial charge in [0.25, 0.3) is 0 Å². The molecule has 0 atom stereocenters. The van der Waals surface area contributed by atoms with Crippen LogP contribution < -0.4 is 0 Å². The maximum atomic E-state index is 13.3. The molecule has 1 aliphatic rings. The zero-order valence-electron chi connectivity index (χ0n) is 12.4. The summed E-state index contributed by atoms with van der Waals surface area (Å²) in [5, 5.41) is 9.20. The third kappa shape index (κ3) is 4.25. The molecule has 2 rings (SSSR count). The standard InChI is InChI=1S/C16H18F2N2O2/c1-22-15(21)4-7-20(11-16(10-19)5-6-16)9-12-2-3-13(17)14(18)8-12/h2-3,8H,4-7,9,11H2,1H3. The Morgan fingerprint density at radius 2 is 2.14 bits per heavy atom. The lowest BCUT2D eigenvalue weighted by Crippen LogP contribution is -2.32. The summed E-state index contributed by atoms with van der Waals surface area (Å²) in [5.74, 6) is -2.12. The van der Waals surface area contributed by atoms with Crippen molar-refractivity contribution in [2.75, 3.05) is 20.2 Å². The molecule has 1 fully saturated rings. The lowest BCUT2D eigenvalue weighted by Gasteiger charge is -2.24. The molecule has 0 saturated heterocycles. The molecular weight excluding hydrogens is 290 g/mol. The third-order valence-electron chi connectivity index (χ3n) is 3.87. The molecule has 118 valence electrons. The Labute approximate surface area is 128 Å². The van der Waals surface area contributed by atoms with E-state index in [0.717, 1.165) is 25.0 Å². The van der Waals surface area contributed by atoms with Gasteiger partial charge in [0.2, 0.25) is 0 Å². The summed E-state index contributed by atoms with van der Waals surface area (Å²) in [7, 11) is 1.32. The van der Waals surface area contributed by atoms with Crippen LogP contribution >= 0.6 is 0 Å². The number of hydrogen-bond donors (Lipinski definition) is 0. The minimum atomic E-state index is -0.896. The number of methoxy groups -OCH3 is 1. The summed E-state index contributed by atoms with van der Waals surface area (Å²) in [6.07, 6.45) is 1.85. The van der Waals surface area contributed by atoms with Gasteiger partial charge in [-0.3, -0.25) is 9.69 Å². The van der Waals surface area contributed by atoms with E-state index >= 15 is 0 Å². The molecule has 0 radical (unpaired) electrons. The number of ether oxygens (including phenoxy) is 1. The monoisotopic (exact) mass is 308 g/mol. The fraction of sp³-hybridized carbons (Fsp3) is 0.500. The summed E-state index contributed by atoms with van der Waals surface area (Å²) in [6.45, 7) is 1.28. The maximum Gasteiger partial charge on any atom is 0.306 e. The average molecular weight is 308 g/mol. The van der Waals surface area contributed by atoms with Crippen molar-refractivity contribution in [3.63, 3.8) is 0 Å². The summed E-state index contributed by atoms with van der Waals surface area (Å²) >= 11 is 0. The highest BCUT2D eigenvalue weighted by molar-refractivity contribution is 5.69. The maximum absolute atomic E-state index is 13.3. The number of esters is 1. The molecule has 6 heteroatoms. The number of hydrogen-bond acceptors (Lipinski definition) is 4. The molecule has 0 aromatic heterocycles. The van der Waals surface area contributed by atoms with E-state index in [-0.39, 0.29) is 17.8 Å². The Bertz CT molecular complexity index is 594. The predicted octanol–water partition coefficient (Wildman–Crippen LogP) is 2.63. The van der Waals surface area contributed by atoms with Crippen molar-refractivity contribution in [3.05, 3.63) is 35.4 Å². The van der Waals surface area contributed by atoms with Crippen LogP contribution in [-0.4, -0.2) is 31.1 Å². The minimum Gasteiger partial charge on any atom is -0.469 e. The molecule has 0 spiro atoms. The molecular formula is C16H18F2N2O2. The van der Waals surface area contributed by atoms with Gasteiger partial charge >= 0.3 is 5.97 Å². The second-order valence-electron chi connectivity index (χ2n) is 5.68. The number of carbonyl (C=O) groups is 1. The van der Waals surface area contributed by atoms with Crippen LogP contribution in [0, 0.1) is 28.4 Å². The Kier molecular flexibility index (Phi) is 5.09. The van der Waals surface area contributed by atoms with Crippen LogP contribution in [0.5, 0.6) is 0 Å². The number of benzene rings is 1. The van der Waals surface area contributed by atoms with E-state index in [1.807, 2.05) is 4.90 Å². The van der Waals surface area contributed by atoms with Crippen molar-refractivity contribution in [2.24, 2.45) is 5.41 Å². The van der Waals surface area contributed by atoms with E-state index in [1.54, 1.807) is 0 Å². The van der Waals surface area contributed by atoms with Gasteiger partial charge in [-0.25, -0.2) is 8.78 Å². The molecule has 22 heavy (non-hydrogen) atoms. The van der Waals surface area contributed by atoms with Crippen molar-refractivity contribution in [1.29, 1.82) is 5.26 Å². The van der Waals surface area contributed by atoms with E-state index in [0.29, 0.717) is 25.2 Å². The first kappa shape index (κ1) is 16.4. The molecule has 0 heterocycles. The molecule has 1 aliphatic carbocycles. The molecule has 0 bridgehead atoms. The van der Waals surface area contributed by atoms with Crippen molar-refractivity contribution < 1.29 is 18.3 Å². The van der Waals surface area contributed by atoms with Crippen LogP contribution in [0.2, 0.25) is 0 Å². The number of nitriles is 1. The van der Waals surface area contributed by atoms with Gasteiger partial charge in [0.1, 0.15) is 0 Å². The average Bonchev–Trinajstić information content (AvgIpc) is 3.28. The number of halogens is 2. The van der Waals surface area contributed by atoms with Gasteiger partial charge in [0.15, 0.2) is 11.6 Å². The minimum absolute atomic E-state index is 0.196. The summed E-state index contributed by atoms with van der Waals surface area (Å²) in [6, 6.07) is 6.04. The van der Waals surface area contributed by atoms with E-state index in [4.69, 9.17) is 0 Å². The Morgan fingerprint density at radius 3 is 2.68 bits per heavy atom. The highest BCUT2D eigenvalue weighted by Crippen LogP contribution is 2.45. The molecule has 1 aromatic carbocycles. The first-order valence-electron chi connectivity index (χ1n) is 7.12. The zero-order valence-corrected chi connectivity index (χ0v) is 12.4. The van der Waals surface area contributed by atoms with Crippen LogP contribution in [0.25, 0.3) is 0 Å². The molecule has 4 nitrogen and oxygen atoms in total. The summed E-state index contributed by atoms with van der Waals surface area (Å²) in [4.78, 5) is 13.2. The highest BCUT2D eigenvalue weighted by atomic mass is 19.2. The smallest absolute Gasteiger partial charge is 0.306 e. The SMILES string of the molecule is COC(=O)CCN(Cc1ccc(F)c(F)c1)CC1(C#N)CC1. The number of carbonyl (C=O) groups excluding carboxylic acids is 1. The summed E-state index contributed by atoms with van der Waals surface area (Å²) in [5.41, 5.74) is 0.242. The molecule has 1 saturated carbocycles. The Morgan fingerprint density at radius 1 is 1.41 bits per heavy atom. The van der Waals surface area contributed by atoms with E-state index < -0.39 is 11.6 Å². The number of nitrogens with zero attached hydrogens (tertiary/aromatic N) is 2.